The van der Waals surface area contributed by atoms with Crippen molar-refractivity contribution in [2.45, 2.75) is 0 Å². The maximum atomic E-state index is 8.36. The fraction of sp³-hybridized carbons (Fsp3) is 0. The number of rotatable bonds is 0. The van der Waals surface area contributed by atoms with Gasteiger partial charge in [0.1, 0.15) is 0 Å². The van der Waals surface area contributed by atoms with E-state index in [-0.39, 0.29) is 0 Å². The summed E-state index contributed by atoms with van der Waals surface area (Å²) in [5.74, 6) is 0. The summed E-state index contributed by atoms with van der Waals surface area (Å²) in [6.45, 7) is 0. The van der Waals surface area contributed by atoms with Crippen LogP contribution in [0.1, 0.15) is 0 Å². The molecule has 0 aromatic carbocycles. The largest absolute Gasteiger partial charge is 0.631 e. The Hall–Kier alpha value is -1.02. The van der Waals surface area contributed by atoms with E-state index >= 15 is 0 Å². The third kappa shape index (κ3) is 4170. The fourth-order valence-electron chi connectivity index (χ4n) is 0. The molecular formula is H13B4NO15. The molecule has 0 rings (SSSR count). The summed E-state index contributed by atoms with van der Waals surface area (Å²) in [7, 11) is -8.67. The van der Waals surface area contributed by atoms with E-state index in [0.29, 0.717) is 0 Å². The van der Waals surface area contributed by atoms with Crippen molar-refractivity contribution in [3.63, 3.8) is 0 Å². The lowest BCUT2D eigenvalue weighted by atomic mass is 10.3. The third-order valence-electron chi connectivity index (χ3n) is 0. The monoisotopic (exact) mass is 311 g/mol. The van der Waals surface area contributed by atoms with Gasteiger partial charge in [-0.2, -0.15) is 0 Å². The second-order valence-electron chi connectivity index (χ2n) is 1.62. The molecule has 0 fully saturated rings. The lowest BCUT2D eigenvalue weighted by Crippen LogP contribution is -2.07. The molecule has 0 spiro atoms. The normalized spacial score (nSPS) is 6.60. The van der Waals surface area contributed by atoms with Crippen LogP contribution in [-0.2, 0) is 0 Å². The molecule has 13 N–H and O–H groups in total. The van der Waals surface area contributed by atoms with Crippen LogP contribution in [0.2, 0.25) is 0 Å². The van der Waals surface area contributed by atoms with E-state index in [4.69, 9.17) is 75.6 Å². The van der Waals surface area contributed by atoms with Gasteiger partial charge in [0, 0.05) is 0 Å². The van der Waals surface area contributed by atoms with Crippen molar-refractivity contribution in [3.05, 3.63) is 10.1 Å². The molecule has 0 aliphatic carbocycles. The Morgan fingerprint density at radius 3 is 0.550 bits per heavy atom. The van der Waals surface area contributed by atoms with E-state index in [1.807, 2.05) is 0 Å². The maximum absolute atomic E-state index is 8.36. The zero-order chi connectivity index (χ0) is 17.9. The van der Waals surface area contributed by atoms with Crippen molar-refractivity contribution in [1.82, 2.24) is 0 Å². The molecule has 0 amide bonds. The van der Waals surface area contributed by atoms with Gasteiger partial charge in [0.15, 0.2) is 0 Å². The molecule has 0 heterocycles. The van der Waals surface area contributed by atoms with E-state index in [1.165, 1.54) is 0 Å². The van der Waals surface area contributed by atoms with Crippen LogP contribution in [0.3, 0.4) is 0 Å². The highest BCUT2D eigenvalue weighted by Gasteiger charge is 1.93. The second-order valence-corrected chi connectivity index (χ2v) is 1.62. The summed E-state index contributed by atoms with van der Waals surface area (Å²) < 4.78 is 0. The topological polar surface area (TPSA) is 306 Å². The minimum absolute atomic E-state index is 1.50. The van der Waals surface area contributed by atoms with Crippen LogP contribution in [0.5, 0.6) is 0 Å². The van der Waals surface area contributed by atoms with Gasteiger partial charge in [-0.15, -0.1) is 10.1 Å². The Kier molecular flexibility index (Phi) is 41.6. The molecule has 0 aromatic heterocycles. The van der Waals surface area contributed by atoms with Gasteiger partial charge in [-0.05, 0) is 0 Å². The fourth-order valence-corrected chi connectivity index (χ4v) is 0. The minimum Gasteiger partial charge on any atom is -0.402 e. The molecule has 0 radical (unpaired) electrons. The first kappa shape index (κ1) is 31.4. The van der Waals surface area contributed by atoms with Gasteiger partial charge in [-0.1, -0.05) is 0 Å². The standard InChI is InChI=1S/4BH3O3.HNO3/c5*2-1(3)4/h4*2-4H;(H,2,3,4). The lowest BCUT2D eigenvalue weighted by Gasteiger charge is -1.69. The van der Waals surface area contributed by atoms with Crippen LogP contribution in [0.15, 0.2) is 0 Å². The van der Waals surface area contributed by atoms with Crippen molar-refractivity contribution < 1.29 is 70.6 Å². The first-order chi connectivity index (χ1) is 8.66. The predicted molar refractivity (Wildman–Crippen MR) is 58.4 cm³/mol. The van der Waals surface area contributed by atoms with Crippen molar-refractivity contribution in [2.24, 2.45) is 0 Å². The molecular weight excluding hydrogens is 297 g/mol. The van der Waals surface area contributed by atoms with E-state index in [0.717, 1.165) is 0 Å². The SMILES string of the molecule is O=[N+]([O-])O.OB(O)O.OB(O)O.OB(O)O.OB(O)O. The molecule has 0 saturated heterocycles. The van der Waals surface area contributed by atoms with Gasteiger partial charge < -0.3 is 65.5 Å². The van der Waals surface area contributed by atoms with Crippen LogP contribution < -0.4 is 0 Å². The van der Waals surface area contributed by atoms with Crippen molar-refractivity contribution >= 4 is 29.3 Å². The van der Waals surface area contributed by atoms with Gasteiger partial charge >= 0.3 is 29.3 Å². The first-order valence-electron chi connectivity index (χ1n) is 3.66. The highest BCUT2D eigenvalue weighted by molar-refractivity contribution is 6.31. The summed E-state index contributed by atoms with van der Waals surface area (Å²) in [5, 5.41) is 99.6. The van der Waals surface area contributed by atoms with E-state index < -0.39 is 34.4 Å². The Morgan fingerprint density at radius 1 is 0.550 bits per heavy atom. The quantitative estimate of drug-likeness (QED) is 0.112. The molecule has 20 heavy (non-hydrogen) atoms. The van der Waals surface area contributed by atoms with Gasteiger partial charge in [0.2, 0.25) is 0 Å². The minimum atomic E-state index is -2.17. The van der Waals surface area contributed by atoms with Gasteiger partial charge in [-0.25, -0.2) is 0 Å². The van der Waals surface area contributed by atoms with E-state index in [2.05, 4.69) is 0 Å². The average Bonchev–Trinajstić information content (AvgIpc) is 1.94. The van der Waals surface area contributed by atoms with Crippen LogP contribution >= 0.6 is 0 Å². The summed E-state index contributed by atoms with van der Waals surface area (Å²) in [5.41, 5.74) is 0. The molecule has 0 atom stereocenters. The molecule has 0 saturated carbocycles. The Balaban J connectivity index is -0.0000000469. The highest BCUT2D eigenvalue weighted by Crippen LogP contribution is 1.41. The molecule has 20 heteroatoms. The van der Waals surface area contributed by atoms with Gasteiger partial charge in [0.05, 0.1) is 0 Å². The van der Waals surface area contributed by atoms with E-state index in [9.17, 15) is 0 Å². The number of hydrogen-bond donors (Lipinski definition) is 13. The van der Waals surface area contributed by atoms with Crippen LogP contribution in [0.4, 0.5) is 0 Å². The van der Waals surface area contributed by atoms with E-state index in [1.54, 1.807) is 0 Å². The molecule has 0 aliphatic heterocycles. The number of nitrogens with zero attached hydrogens (tertiary/aromatic N) is 1. The van der Waals surface area contributed by atoms with Crippen LogP contribution in [0.25, 0.3) is 0 Å². The smallest absolute Gasteiger partial charge is 0.402 e. The Morgan fingerprint density at radius 2 is 0.550 bits per heavy atom. The maximum Gasteiger partial charge on any atom is 0.631 e. The highest BCUT2D eigenvalue weighted by atomic mass is 16.9. The zero-order valence-electron chi connectivity index (χ0n) is 9.39. The Bertz CT molecular complexity index is 119. The summed E-state index contributed by atoms with van der Waals surface area (Å²) in [6.07, 6.45) is 0. The van der Waals surface area contributed by atoms with Gasteiger partial charge in [-0.3, -0.25) is 0 Å². The van der Waals surface area contributed by atoms with Crippen molar-refractivity contribution in [1.29, 1.82) is 0 Å². The average molecular weight is 310 g/mol. The van der Waals surface area contributed by atoms with Crippen molar-refractivity contribution in [2.75, 3.05) is 0 Å². The van der Waals surface area contributed by atoms with Crippen molar-refractivity contribution in [3.8, 4) is 0 Å². The zero-order valence-corrected chi connectivity index (χ0v) is 9.39. The summed E-state index contributed by atoms with van der Waals surface area (Å²) >= 11 is 0. The predicted octanol–water partition coefficient (Wildman–Crippen LogP) is -8.55. The molecule has 0 unspecified atom stereocenters. The lowest BCUT2D eigenvalue weighted by molar-refractivity contribution is -0.742. The van der Waals surface area contributed by atoms with Crippen LogP contribution in [-0.4, -0.2) is 99.9 Å². The molecule has 0 aromatic rings. The summed E-state index contributed by atoms with van der Waals surface area (Å²) in [6, 6.07) is 0. The van der Waals surface area contributed by atoms with Crippen LogP contribution in [0, 0.1) is 10.1 Å². The molecule has 0 bridgehead atoms. The van der Waals surface area contributed by atoms with Gasteiger partial charge in [0.25, 0.3) is 5.09 Å². The Labute approximate surface area is 111 Å². The third-order valence-corrected chi connectivity index (χ3v) is 0. The second kappa shape index (κ2) is 26.5. The summed E-state index contributed by atoms with van der Waals surface area (Å²) in [4.78, 5) is 8.36. The molecule has 16 nitrogen and oxygen atoms in total. The molecule has 120 valence electrons. The first-order valence-corrected chi connectivity index (χ1v) is 3.66. The number of hydrogen-bond acceptors (Lipinski definition) is 14. The molecule has 0 aliphatic rings.